The van der Waals surface area contributed by atoms with Crippen molar-refractivity contribution in [2.45, 2.75) is 0 Å². The number of nitrogens with zero attached hydrogens (tertiary/aromatic N) is 8. The average molecular weight is 563 g/mol. The minimum atomic E-state index is -5.68. The molecule has 0 unspecified atom stereocenters. The van der Waals surface area contributed by atoms with E-state index in [9.17, 15) is 28.7 Å². The van der Waals surface area contributed by atoms with Crippen LogP contribution in [-0.4, -0.2) is 18.3 Å². The zero-order chi connectivity index (χ0) is 28.8. The molecule has 4 rings (SSSR count). The van der Waals surface area contributed by atoms with E-state index in [1.54, 1.807) is 0 Å². The lowest BCUT2D eigenvalue weighted by Crippen LogP contribution is -2.23. The van der Waals surface area contributed by atoms with E-state index in [4.69, 9.17) is 0 Å². The molecule has 0 N–H and O–H groups in total. The van der Waals surface area contributed by atoms with Gasteiger partial charge in [0, 0.05) is 0 Å². The van der Waals surface area contributed by atoms with Crippen molar-refractivity contribution in [3.63, 3.8) is 0 Å². The third-order valence-corrected chi connectivity index (χ3v) is 5.40. The molecule has 0 aliphatic heterocycles. The van der Waals surface area contributed by atoms with Gasteiger partial charge in [-0.3, -0.25) is 0 Å². The van der Waals surface area contributed by atoms with Gasteiger partial charge in [0.05, 0.1) is 72.0 Å². The third-order valence-electron chi connectivity index (χ3n) is 3.80. The SMILES string of the molecule is Cn1cc[n+](C)c1.Cn1cc[n+](C)c1.Cn1cc[n+](C)c1.Cn1cc[n+](C)c1.O=P([O-])([O-])OP(=O)([O-])[O-]. The molecule has 15 nitrogen and oxygen atoms in total. The number of imidazole rings is 4. The Morgan fingerprint density at radius 1 is 0.514 bits per heavy atom. The Morgan fingerprint density at radius 2 is 0.703 bits per heavy atom. The minimum absolute atomic E-state index is 2.00. The summed E-state index contributed by atoms with van der Waals surface area (Å²) in [6.45, 7) is 0. The van der Waals surface area contributed by atoms with Gasteiger partial charge >= 0.3 is 0 Å². The van der Waals surface area contributed by atoms with Gasteiger partial charge in [-0.15, -0.1) is 0 Å². The van der Waals surface area contributed by atoms with E-state index in [0.29, 0.717) is 0 Å². The van der Waals surface area contributed by atoms with Crippen molar-refractivity contribution in [2.75, 3.05) is 0 Å². The zero-order valence-electron chi connectivity index (χ0n) is 22.3. The summed E-state index contributed by atoms with van der Waals surface area (Å²) in [5, 5.41) is 0. The summed E-state index contributed by atoms with van der Waals surface area (Å²) in [5.74, 6) is 0. The molecule has 0 aromatic carbocycles. The monoisotopic (exact) mass is 562 g/mol. The Morgan fingerprint density at radius 3 is 0.730 bits per heavy atom. The molecule has 4 aromatic rings. The number of aromatic nitrogens is 8. The molecule has 37 heavy (non-hydrogen) atoms. The molecule has 0 bridgehead atoms. The van der Waals surface area contributed by atoms with E-state index in [1.165, 1.54) is 0 Å². The summed E-state index contributed by atoms with van der Waals surface area (Å²) in [5.41, 5.74) is 0. The van der Waals surface area contributed by atoms with E-state index in [0.717, 1.165) is 0 Å². The zero-order valence-corrected chi connectivity index (χ0v) is 24.0. The predicted molar refractivity (Wildman–Crippen MR) is 123 cm³/mol. The van der Waals surface area contributed by atoms with Crippen molar-refractivity contribution in [1.82, 2.24) is 18.3 Å². The van der Waals surface area contributed by atoms with E-state index in [2.05, 4.69) is 4.31 Å². The third kappa shape index (κ3) is 20.9. The molecule has 4 heterocycles. The Kier molecular flexibility index (Phi) is 14.8. The van der Waals surface area contributed by atoms with Crippen LogP contribution in [0.1, 0.15) is 0 Å². The lowest BCUT2D eigenvalue weighted by atomic mass is 10.9. The van der Waals surface area contributed by atoms with Crippen LogP contribution in [-0.2, 0) is 69.8 Å². The molecule has 0 aliphatic rings. The highest BCUT2D eigenvalue weighted by atomic mass is 31.3. The summed E-state index contributed by atoms with van der Waals surface area (Å²) < 4.78 is 37.2. The molecule has 208 valence electrons. The molecule has 0 saturated carbocycles. The molecule has 0 saturated heterocycles. The van der Waals surface area contributed by atoms with Gasteiger partial charge in [0.1, 0.15) is 49.6 Å². The summed E-state index contributed by atoms with van der Waals surface area (Å²) >= 11 is 0. The molecule has 4 aromatic heterocycles. The number of hydrogen-bond donors (Lipinski definition) is 0. The van der Waals surface area contributed by atoms with Crippen LogP contribution in [0.4, 0.5) is 0 Å². The maximum Gasteiger partial charge on any atom is 0.243 e. The topological polar surface area (TPSA) is 171 Å². The van der Waals surface area contributed by atoms with Gasteiger partial charge in [-0.05, 0) is 0 Å². The van der Waals surface area contributed by atoms with E-state index >= 15 is 0 Å². The average Bonchev–Trinajstić information content (AvgIpc) is 3.48. The molecule has 0 spiro atoms. The fraction of sp³-hybridized carbons (Fsp3) is 0.400. The molecular formula is C20H36N8O7P2. The van der Waals surface area contributed by atoms with E-state index in [1.807, 2.05) is 168 Å². The fourth-order valence-corrected chi connectivity index (χ4v) is 3.40. The van der Waals surface area contributed by atoms with Crippen LogP contribution in [0.3, 0.4) is 0 Å². The first-order valence-electron chi connectivity index (χ1n) is 10.5. The van der Waals surface area contributed by atoms with Crippen molar-refractivity contribution in [2.24, 2.45) is 56.4 Å². The first-order chi connectivity index (χ1) is 16.9. The van der Waals surface area contributed by atoms with Gasteiger partial charge in [-0.1, -0.05) is 0 Å². The molecular weight excluding hydrogens is 526 g/mol. The molecule has 0 atom stereocenters. The Bertz CT molecular complexity index is 1030. The normalized spacial score (nSPS) is 10.5. The molecule has 0 amide bonds. The smallest absolute Gasteiger partial charge is 0.243 e. The van der Waals surface area contributed by atoms with Crippen molar-refractivity contribution in [3.8, 4) is 0 Å². The van der Waals surface area contributed by atoms with Crippen LogP contribution in [0, 0.1) is 0 Å². The lowest BCUT2D eigenvalue weighted by molar-refractivity contribution is -0.671. The van der Waals surface area contributed by atoms with Crippen LogP contribution in [0.2, 0.25) is 0 Å². The van der Waals surface area contributed by atoms with Crippen molar-refractivity contribution in [1.29, 1.82) is 0 Å². The molecule has 0 aliphatic carbocycles. The van der Waals surface area contributed by atoms with Gasteiger partial charge in [0.2, 0.25) is 25.3 Å². The number of phosphoric acid groups is 2. The first kappa shape index (κ1) is 34.1. The van der Waals surface area contributed by atoms with Crippen molar-refractivity contribution in [3.05, 3.63) is 74.9 Å². The van der Waals surface area contributed by atoms with Gasteiger partial charge in [0.15, 0.2) is 0 Å². The fourth-order valence-electron chi connectivity index (χ4n) is 2.42. The van der Waals surface area contributed by atoms with Gasteiger partial charge in [-0.25, -0.2) is 36.5 Å². The van der Waals surface area contributed by atoms with Gasteiger partial charge in [-0.2, -0.15) is 0 Å². The number of hydrogen-bond acceptors (Lipinski definition) is 7. The quantitative estimate of drug-likeness (QED) is 0.177. The standard InChI is InChI=1S/4C5H9N2.H4O7P2/c4*1-6-3-4-7(2)5-6;1-8(2,3)7-9(4,5)6/h4*3-5H,1-2H3;(H2,1,2,3)(H2,4,5,6)/q4*+1;/p-4. The summed E-state index contributed by atoms with van der Waals surface area (Å²) in [7, 11) is 4.65. The number of rotatable bonds is 2. The van der Waals surface area contributed by atoms with Gasteiger partial charge in [0.25, 0.3) is 0 Å². The second-order valence-corrected chi connectivity index (χ2v) is 10.4. The summed E-state index contributed by atoms with van der Waals surface area (Å²) in [4.78, 5) is 37.3. The van der Waals surface area contributed by atoms with Gasteiger partial charge < -0.3 is 33.0 Å². The second-order valence-electron chi connectivity index (χ2n) is 7.95. The molecule has 17 heteroatoms. The van der Waals surface area contributed by atoms with E-state index in [-0.39, 0.29) is 0 Å². The summed E-state index contributed by atoms with van der Waals surface area (Å²) in [6.07, 6.45) is 24.0. The Labute approximate surface area is 216 Å². The second kappa shape index (κ2) is 16.0. The van der Waals surface area contributed by atoms with Crippen LogP contribution in [0.25, 0.3) is 0 Å². The van der Waals surface area contributed by atoms with Crippen molar-refractivity contribution < 1.29 is 51.3 Å². The maximum atomic E-state index is 9.32. The van der Waals surface area contributed by atoms with Crippen LogP contribution in [0.5, 0.6) is 0 Å². The van der Waals surface area contributed by atoms with Crippen LogP contribution >= 0.6 is 15.6 Å². The minimum Gasteiger partial charge on any atom is -0.790 e. The number of aryl methyl sites for hydroxylation is 8. The van der Waals surface area contributed by atoms with Crippen LogP contribution < -0.4 is 37.8 Å². The predicted octanol–water partition coefficient (Wildman–Crippen LogP) is -3.94. The largest absolute Gasteiger partial charge is 0.790 e. The Hall–Kier alpha value is -2.90. The highest BCUT2D eigenvalue weighted by Gasteiger charge is 1.93. The Balaban J connectivity index is 0.000000439. The van der Waals surface area contributed by atoms with Crippen molar-refractivity contribution >= 4 is 15.6 Å². The molecule has 0 radical (unpaired) electrons. The highest BCUT2D eigenvalue weighted by molar-refractivity contribution is 7.57. The van der Waals surface area contributed by atoms with E-state index < -0.39 is 15.6 Å². The molecule has 0 fully saturated rings. The lowest BCUT2D eigenvalue weighted by Gasteiger charge is -2.39. The van der Waals surface area contributed by atoms with Crippen LogP contribution in [0.15, 0.2) is 74.9 Å². The highest BCUT2D eigenvalue weighted by Crippen LogP contribution is 2.42. The summed E-state index contributed by atoms with van der Waals surface area (Å²) in [6, 6.07) is 0. The first-order valence-corrected chi connectivity index (χ1v) is 13.4. The maximum absolute atomic E-state index is 9.32.